The Kier molecular flexibility index (Phi) is 3.33. The van der Waals surface area contributed by atoms with Crippen LogP contribution in [-0.2, 0) is 0 Å². The van der Waals surface area contributed by atoms with Crippen molar-refractivity contribution in [2.75, 3.05) is 5.73 Å². The van der Waals surface area contributed by atoms with E-state index in [1.807, 2.05) is 0 Å². The van der Waals surface area contributed by atoms with Crippen LogP contribution in [0.4, 0.5) is 18.9 Å². The highest BCUT2D eigenvalue weighted by molar-refractivity contribution is 5.68. The van der Waals surface area contributed by atoms with E-state index < -0.39 is 6.36 Å². The van der Waals surface area contributed by atoms with Crippen molar-refractivity contribution >= 4 is 5.69 Å². The second kappa shape index (κ2) is 4.79. The van der Waals surface area contributed by atoms with Gasteiger partial charge in [-0.3, -0.25) is 4.98 Å². The quantitative estimate of drug-likeness (QED) is 0.906. The van der Waals surface area contributed by atoms with Gasteiger partial charge in [0, 0.05) is 11.8 Å². The van der Waals surface area contributed by atoms with E-state index in [0.29, 0.717) is 22.5 Å². The van der Waals surface area contributed by atoms with Crippen LogP contribution < -0.4 is 10.5 Å². The van der Waals surface area contributed by atoms with Gasteiger partial charge in [0.1, 0.15) is 5.75 Å². The van der Waals surface area contributed by atoms with Crippen LogP contribution in [0.15, 0.2) is 36.5 Å². The number of aryl methyl sites for hydroxylation is 1. The van der Waals surface area contributed by atoms with Crippen molar-refractivity contribution in [3.05, 3.63) is 42.2 Å². The fraction of sp³-hybridized carbons (Fsp3) is 0.154. The standard InChI is InChI=1S/C13H11F3N2O/c1-8-12(17)6-10(7-18-8)9-3-2-4-11(5-9)19-13(14,15)16/h2-7H,17H2,1H3. The normalized spacial score (nSPS) is 11.4. The third-order valence-electron chi connectivity index (χ3n) is 2.53. The maximum absolute atomic E-state index is 12.1. The lowest BCUT2D eigenvalue weighted by atomic mass is 10.1. The summed E-state index contributed by atoms with van der Waals surface area (Å²) in [5.74, 6) is -0.274. The van der Waals surface area contributed by atoms with Crippen molar-refractivity contribution in [2.45, 2.75) is 13.3 Å². The van der Waals surface area contributed by atoms with Crippen molar-refractivity contribution in [1.82, 2.24) is 4.98 Å². The summed E-state index contributed by atoms with van der Waals surface area (Å²) in [5, 5.41) is 0. The van der Waals surface area contributed by atoms with Crippen molar-refractivity contribution in [1.29, 1.82) is 0 Å². The molecule has 0 saturated heterocycles. The van der Waals surface area contributed by atoms with Crippen LogP contribution in [0.25, 0.3) is 11.1 Å². The van der Waals surface area contributed by atoms with E-state index in [0.717, 1.165) is 0 Å². The zero-order valence-corrected chi connectivity index (χ0v) is 10.0. The average Bonchev–Trinajstić information content (AvgIpc) is 2.31. The lowest BCUT2D eigenvalue weighted by molar-refractivity contribution is -0.274. The number of alkyl halides is 3. The molecule has 0 spiro atoms. The van der Waals surface area contributed by atoms with Gasteiger partial charge in [0.2, 0.25) is 0 Å². The van der Waals surface area contributed by atoms with Crippen LogP contribution in [0.1, 0.15) is 5.69 Å². The molecule has 0 aliphatic rings. The van der Waals surface area contributed by atoms with Crippen LogP contribution >= 0.6 is 0 Å². The smallest absolute Gasteiger partial charge is 0.406 e. The zero-order chi connectivity index (χ0) is 14.0. The summed E-state index contributed by atoms with van der Waals surface area (Å²) < 4.78 is 40.3. The number of nitrogens with two attached hydrogens (primary N) is 1. The third-order valence-corrected chi connectivity index (χ3v) is 2.53. The number of nitrogens with zero attached hydrogens (tertiary/aromatic N) is 1. The van der Waals surface area contributed by atoms with Crippen molar-refractivity contribution < 1.29 is 17.9 Å². The zero-order valence-electron chi connectivity index (χ0n) is 10.0. The molecule has 1 aromatic heterocycles. The number of halogens is 3. The summed E-state index contributed by atoms with van der Waals surface area (Å²) in [6, 6.07) is 7.33. The van der Waals surface area contributed by atoms with Crippen LogP contribution in [0.3, 0.4) is 0 Å². The molecule has 0 aliphatic heterocycles. The molecular weight excluding hydrogens is 257 g/mol. The molecule has 1 aromatic carbocycles. The summed E-state index contributed by atoms with van der Waals surface area (Å²) in [6.45, 7) is 1.75. The van der Waals surface area contributed by atoms with Crippen LogP contribution in [0, 0.1) is 6.92 Å². The summed E-state index contributed by atoms with van der Waals surface area (Å²) in [6.07, 6.45) is -3.15. The van der Waals surface area contributed by atoms with Gasteiger partial charge >= 0.3 is 6.36 Å². The summed E-state index contributed by atoms with van der Waals surface area (Å²) in [7, 11) is 0. The van der Waals surface area contributed by atoms with Crippen LogP contribution in [0.2, 0.25) is 0 Å². The SMILES string of the molecule is Cc1ncc(-c2cccc(OC(F)(F)F)c2)cc1N. The van der Waals surface area contributed by atoms with Gasteiger partial charge in [-0.2, -0.15) is 0 Å². The Morgan fingerprint density at radius 1 is 1.16 bits per heavy atom. The molecule has 1 heterocycles. The number of ether oxygens (including phenoxy) is 1. The lowest BCUT2D eigenvalue weighted by Crippen LogP contribution is -2.17. The van der Waals surface area contributed by atoms with Crippen molar-refractivity contribution in [2.24, 2.45) is 0 Å². The number of pyridine rings is 1. The number of hydrogen-bond donors (Lipinski definition) is 1. The largest absolute Gasteiger partial charge is 0.573 e. The Bertz CT molecular complexity index is 597. The van der Waals surface area contributed by atoms with E-state index in [1.165, 1.54) is 18.2 Å². The first kappa shape index (κ1) is 13.2. The molecule has 0 radical (unpaired) electrons. The van der Waals surface area contributed by atoms with E-state index >= 15 is 0 Å². The van der Waals surface area contributed by atoms with E-state index in [2.05, 4.69) is 9.72 Å². The number of anilines is 1. The topological polar surface area (TPSA) is 48.1 Å². The molecule has 3 nitrogen and oxygen atoms in total. The molecule has 100 valence electrons. The highest BCUT2D eigenvalue weighted by atomic mass is 19.4. The predicted molar refractivity (Wildman–Crippen MR) is 65.5 cm³/mol. The van der Waals surface area contributed by atoms with E-state index in [9.17, 15) is 13.2 Å². The van der Waals surface area contributed by atoms with E-state index in [4.69, 9.17) is 5.73 Å². The first-order valence-corrected chi connectivity index (χ1v) is 5.43. The second-order valence-corrected chi connectivity index (χ2v) is 3.97. The maximum Gasteiger partial charge on any atom is 0.573 e. The number of nitrogen functional groups attached to an aromatic ring is 1. The second-order valence-electron chi connectivity index (χ2n) is 3.97. The van der Waals surface area contributed by atoms with Gasteiger partial charge in [0.15, 0.2) is 0 Å². The molecule has 0 aliphatic carbocycles. The summed E-state index contributed by atoms with van der Waals surface area (Å²) in [5.41, 5.74) is 8.07. The highest BCUT2D eigenvalue weighted by Crippen LogP contribution is 2.28. The van der Waals surface area contributed by atoms with Crippen LogP contribution in [0.5, 0.6) is 5.75 Å². The van der Waals surface area contributed by atoms with E-state index in [-0.39, 0.29) is 5.75 Å². The molecule has 2 N–H and O–H groups in total. The number of benzene rings is 1. The van der Waals surface area contributed by atoms with Gasteiger partial charge in [-0.05, 0) is 30.7 Å². The molecular formula is C13H11F3N2O. The number of aromatic nitrogens is 1. The minimum atomic E-state index is -4.71. The predicted octanol–water partition coefficient (Wildman–Crippen LogP) is 3.54. The van der Waals surface area contributed by atoms with E-state index in [1.54, 1.807) is 25.3 Å². The first-order valence-electron chi connectivity index (χ1n) is 5.43. The number of rotatable bonds is 2. The minimum absolute atomic E-state index is 0.274. The van der Waals surface area contributed by atoms with Gasteiger partial charge < -0.3 is 10.5 Å². The Morgan fingerprint density at radius 3 is 2.53 bits per heavy atom. The Morgan fingerprint density at radius 2 is 1.89 bits per heavy atom. The summed E-state index contributed by atoms with van der Waals surface area (Å²) in [4.78, 5) is 4.07. The van der Waals surface area contributed by atoms with Gasteiger partial charge in [-0.1, -0.05) is 12.1 Å². The molecule has 0 fully saturated rings. The Labute approximate surface area is 107 Å². The van der Waals surface area contributed by atoms with Gasteiger partial charge in [0.05, 0.1) is 11.4 Å². The third kappa shape index (κ3) is 3.37. The Hall–Kier alpha value is -2.24. The molecule has 0 bridgehead atoms. The number of hydrogen-bond acceptors (Lipinski definition) is 3. The monoisotopic (exact) mass is 268 g/mol. The Balaban J connectivity index is 2.35. The minimum Gasteiger partial charge on any atom is -0.406 e. The van der Waals surface area contributed by atoms with Crippen molar-refractivity contribution in [3.8, 4) is 16.9 Å². The van der Waals surface area contributed by atoms with Crippen molar-refractivity contribution in [3.63, 3.8) is 0 Å². The summed E-state index contributed by atoms with van der Waals surface area (Å²) >= 11 is 0. The van der Waals surface area contributed by atoms with Gasteiger partial charge in [-0.15, -0.1) is 13.2 Å². The molecule has 2 rings (SSSR count). The fourth-order valence-corrected chi connectivity index (χ4v) is 1.58. The molecule has 19 heavy (non-hydrogen) atoms. The molecule has 0 saturated carbocycles. The fourth-order valence-electron chi connectivity index (χ4n) is 1.58. The average molecular weight is 268 g/mol. The molecule has 0 amide bonds. The van der Waals surface area contributed by atoms with Crippen LogP contribution in [-0.4, -0.2) is 11.3 Å². The maximum atomic E-state index is 12.1. The molecule has 6 heteroatoms. The first-order chi connectivity index (χ1) is 8.85. The lowest BCUT2D eigenvalue weighted by Gasteiger charge is -2.10. The van der Waals surface area contributed by atoms with Gasteiger partial charge in [-0.25, -0.2) is 0 Å². The van der Waals surface area contributed by atoms with Gasteiger partial charge in [0.25, 0.3) is 0 Å². The molecule has 0 atom stereocenters. The highest BCUT2D eigenvalue weighted by Gasteiger charge is 2.31. The molecule has 2 aromatic rings. The molecule has 0 unspecified atom stereocenters.